The Morgan fingerprint density at radius 3 is 3.00 bits per heavy atom. The van der Waals surface area contributed by atoms with Crippen LogP contribution in [0.15, 0.2) is 12.4 Å². The van der Waals surface area contributed by atoms with Crippen molar-refractivity contribution in [1.29, 1.82) is 0 Å². The van der Waals surface area contributed by atoms with Gasteiger partial charge in [0.25, 0.3) is 0 Å². The highest BCUT2D eigenvalue weighted by atomic mass is 16.3. The van der Waals surface area contributed by atoms with Gasteiger partial charge in [-0.25, -0.2) is 0 Å². The topological polar surface area (TPSA) is 38.0 Å². The van der Waals surface area contributed by atoms with Crippen LogP contribution in [0, 0.1) is 0 Å². The van der Waals surface area contributed by atoms with Gasteiger partial charge in [-0.05, 0) is 0 Å². The maximum absolute atomic E-state index is 8.43. The Labute approximate surface area is 54.7 Å². The largest absolute Gasteiger partial charge is 0.394 e. The molecule has 3 nitrogen and oxygen atoms in total. The molecule has 0 spiro atoms. The van der Waals surface area contributed by atoms with Crippen molar-refractivity contribution >= 4 is 13.3 Å². The fraction of sp³-hybridized carbons (Fsp3) is 0.400. The molecule has 0 aliphatic heterocycles. The van der Waals surface area contributed by atoms with Crippen LogP contribution in [0.4, 0.5) is 0 Å². The molecule has 0 aromatic carbocycles. The van der Waals surface area contributed by atoms with E-state index < -0.39 is 0 Å². The van der Waals surface area contributed by atoms with Crippen LogP contribution in [-0.2, 0) is 6.54 Å². The Balaban J connectivity index is 2.61. The second-order valence-corrected chi connectivity index (χ2v) is 1.76. The summed E-state index contributed by atoms with van der Waals surface area (Å²) in [6.07, 6.45) is 3.23. The molecule has 1 rings (SSSR count). The van der Waals surface area contributed by atoms with Crippen molar-refractivity contribution in [3.8, 4) is 0 Å². The third-order valence-corrected chi connectivity index (χ3v) is 0.982. The molecule has 0 aliphatic carbocycles. The van der Waals surface area contributed by atoms with Gasteiger partial charge in [-0.3, -0.25) is 4.68 Å². The van der Waals surface area contributed by atoms with Crippen LogP contribution in [0.2, 0.25) is 0 Å². The van der Waals surface area contributed by atoms with E-state index in [-0.39, 0.29) is 6.61 Å². The molecule has 46 valence electrons. The standard InChI is InChI=1S/C5H7BN2O/c6-5-3-7-8(4-5)1-2-9/h3-4,9H,1-2H2. The van der Waals surface area contributed by atoms with Crippen LogP contribution < -0.4 is 5.46 Å². The van der Waals surface area contributed by atoms with Gasteiger partial charge in [-0.1, -0.05) is 5.46 Å². The van der Waals surface area contributed by atoms with E-state index in [1.807, 2.05) is 0 Å². The van der Waals surface area contributed by atoms with E-state index in [0.717, 1.165) is 0 Å². The molecule has 1 heterocycles. The molecule has 0 aliphatic rings. The first kappa shape index (κ1) is 6.36. The third kappa shape index (κ3) is 1.57. The van der Waals surface area contributed by atoms with Gasteiger partial charge in [0.15, 0.2) is 0 Å². The summed E-state index contributed by atoms with van der Waals surface area (Å²) in [6, 6.07) is 0. The normalized spacial score (nSPS) is 9.89. The molecule has 0 saturated carbocycles. The quantitative estimate of drug-likeness (QED) is 0.493. The van der Waals surface area contributed by atoms with Crippen LogP contribution in [-0.4, -0.2) is 29.3 Å². The number of nitrogens with zero attached hydrogens (tertiary/aromatic N) is 2. The van der Waals surface area contributed by atoms with Gasteiger partial charge in [0.1, 0.15) is 7.85 Å². The first-order valence-electron chi connectivity index (χ1n) is 2.71. The van der Waals surface area contributed by atoms with Crippen LogP contribution in [0.5, 0.6) is 0 Å². The Kier molecular flexibility index (Phi) is 1.90. The third-order valence-electron chi connectivity index (χ3n) is 0.982. The summed E-state index contributed by atoms with van der Waals surface area (Å²) in [5.41, 5.74) is 0.628. The molecule has 9 heavy (non-hydrogen) atoms. The smallest absolute Gasteiger partial charge is 0.118 e. The van der Waals surface area contributed by atoms with E-state index in [4.69, 9.17) is 13.0 Å². The summed E-state index contributed by atoms with van der Waals surface area (Å²) in [5, 5.41) is 12.3. The Bertz CT molecular complexity index is 187. The highest BCUT2D eigenvalue weighted by Gasteiger charge is 1.89. The second-order valence-electron chi connectivity index (χ2n) is 1.76. The lowest BCUT2D eigenvalue weighted by atomic mass is 10.0. The van der Waals surface area contributed by atoms with Crippen LogP contribution in [0.1, 0.15) is 0 Å². The summed E-state index contributed by atoms with van der Waals surface area (Å²) >= 11 is 0. The SMILES string of the molecule is [B]c1cnn(CCO)c1. The van der Waals surface area contributed by atoms with Gasteiger partial charge >= 0.3 is 0 Å². The lowest BCUT2D eigenvalue weighted by Crippen LogP contribution is -2.03. The monoisotopic (exact) mass is 122 g/mol. The summed E-state index contributed by atoms with van der Waals surface area (Å²) in [6.45, 7) is 0.609. The van der Waals surface area contributed by atoms with Gasteiger partial charge < -0.3 is 5.11 Å². The molecule has 1 aromatic heterocycles. The molecule has 4 heteroatoms. The molecule has 0 atom stereocenters. The van der Waals surface area contributed by atoms with E-state index in [2.05, 4.69) is 5.10 Å². The average molecular weight is 122 g/mol. The predicted molar refractivity (Wildman–Crippen MR) is 34.7 cm³/mol. The molecule has 0 bridgehead atoms. The minimum absolute atomic E-state index is 0.0983. The molecular weight excluding hydrogens is 115 g/mol. The molecule has 1 N–H and O–H groups in total. The van der Waals surface area contributed by atoms with Crippen molar-refractivity contribution in [1.82, 2.24) is 9.78 Å². The van der Waals surface area contributed by atoms with E-state index in [0.29, 0.717) is 12.0 Å². The van der Waals surface area contributed by atoms with Crippen LogP contribution >= 0.6 is 0 Å². The highest BCUT2D eigenvalue weighted by Crippen LogP contribution is 1.77. The fourth-order valence-corrected chi connectivity index (χ4v) is 0.604. The lowest BCUT2D eigenvalue weighted by molar-refractivity contribution is 0.269. The predicted octanol–water partition coefficient (Wildman–Crippen LogP) is -1.33. The number of hydrogen-bond donors (Lipinski definition) is 1. The lowest BCUT2D eigenvalue weighted by Gasteiger charge is -1.93. The van der Waals surface area contributed by atoms with E-state index in [1.54, 1.807) is 17.1 Å². The van der Waals surface area contributed by atoms with Crippen LogP contribution in [0.3, 0.4) is 0 Å². The zero-order valence-electron chi connectivity index (χ0n) is 4.99. The molecule has 0 unspecified atom stereocenters. The van der Waals surface area contributed by atoms with Crippen molar-refractivity contribution in [2.75, 3.05) is 6.61 Å². The van der Waals surface area contributed by atoms with Crippen molar-refractivity contribution in [3.63, 3.8) is 0 Å². The molecule has 0 saturated heterocycles. The van der Waals surface area contributed by atoms with Gasteiger partial charge in [0.2, 0.25) is 0 Å². The van der Waals surface area contributed by atoms with Gasteiger partial charge in [0.05, 0.1) is 13.2 Å². The molecular formula is C5H7BN2O. The van der Waals surface area contributed by atoms with E-state index >= 15 is 0 Å². The number of aromatic nitrogens is 2. The summed E-state index contributed by atoms with van der Waals surface area (Å²) in [7, 11) is 5.34. The second kappa shape index (κ2) is 2.68. The van der Waals surface area contributed by atoms with Crippen molar-refractivity contribution < 1.29 is 5.11 Å². The summed E-state index contributed by atoms with van der Waals surface area (Å²) in [4.78, 5) is 0. The van der Waals surface area contributed by atoms with Crippen molar-refractivity contribution in [3.05, 3.63) is 12.4 Å². The van der Waals surface area contributed by atoms with E-state index in [1.165, 1.54) is 0 Å². The summed E-state index contributed by atoms with van der Waals surface area (Å²) < 4.78 is 1.59. The van der Waals surface area contributed by atoms with Crippen molar-refractivity contribution in [2.24, 2.45) is 0 Å². The zero-order valence-corrected chi connectivity index (χ0v) is 4.99. The minimum Gasteiger partial charge on any atom is -0.394 e. The maximum Gasteiger partial charge on any atom is 0.118 e. The Hall–Kier alpha value is -0.765. The molecule has 0 fully saturated rings. The highest BCUT2D eigenvalue weighted by molar-refractivity contribution is 6.31. The first-order valence-corrected chi connectivity index (χ1v) is 2.71. The maximum atomic E-state index is 8.43. The van der Waals surface area contributed by atoms with E-state index in [9.17, 15) is 0 Å². The first-order chi connectivity index (χ1) is 4.33. The average Bonchev–Trinajstić information content (AvgIpc) is 2.17. The molecule has 1 aromatic rings. The fourth-order valence-electron chi connectivity index (χ4n) is 0.604. The number of hydrogen-bond acceptors (Lipinski definition) is 2. The number of rotatable bonds is 2. The number of aliphatic hydroxyl groups is 1. The zero-order chi connectivity index (χ0) is 6.69. The molecule has 2 radical (unpaired) electrons. The van der Waals surface area contributed by atoms with Gasteiger partial charge in [-0.2, -0.15) is 5.10 Å². The van der Waals surface area contributed by atoms with Gasteiger partial charge in [-0.15, -0.1) is 0 Å². The Morgan fingerprint density at radius 1 is 1.78 bits per heavy atom. The van der Waals surface area contributed by atoms with Crippen molar-refractivity contribution in [2.45, 2.75) is 6.54 Å². The van der Waals surface area contributed by atoms with Crippen LogP contribution in [0.25, 0.3) is 0 Å². The number of aliphatic hydroxyl groups excluding tert-OH is 1. The minimum atomic E-state index is 0.0983. The Morgan fingerprint density at radius 2 is 2.56 bits per heavy atom. The summed E-state index contributed by atoms with van der Waals surface area (Å²) in [5.74, 6) is 0. The van der Waals surface area contributed by atoms with Gasteiger partial charge in [0, 0.05) is 12.4 Å². The molecule has 0 amide bonds.